The van der Waals surface area contributed by atoms with Gasteiger partial charge in [0.2, 0.25) is 0 Å². The molecule has 1 aromatic heterocycles. The van der Waals surface area contributed by atoms with Crippen LogP contribution in [0.1, 0.15) is 5.56 Å². The van der Waals surface area contributed by atoms with Crippen molar-refractivity contribution < 1.29 is 27.4 Å². The van der Waals surface area contributed by atoms with Crippen molar-refractivity contribution in [3.8, 4) is 11.5 Å². The van der Waals surface area contributed by atoms with Gasteiger partial charge in [-0.2, -0.15) is 0 Å². The van der Waals surface area contributed by atoms with Crippen LogP contribution in [0.4, 0.5) is 18.3 Å². The molecule has 1 amide bonds. The quantitative estimate of drug-likeness (QED) is 0.504. The second-order valence-electron chi connectivity index (χ2n) is 7.08. The minimum Gasteiger partial charge on any atom is -0.483 e. The van der Waals surface area contributed by atoms with E-state index >= 15 is 0 Å². The summed E-state index contributed by atoms with van der Waals surface area (Å²) in [5.74, 6) is -0.0122. The highest BCUT2D eigenvalue weighted by atomic mass is 32.1. The summed E-state index contributed by atoms with van der Waals surface area (Å²) in [6.45, 7) is 2.64. The lowest BCUT2D eigenvalue weighted by Gasteiger charge is -2.22. The number of likely N-dealkylation sites (N-methyl/N-ethyl adjacent to an activating group) is 1. The Bertz CT molecular complexity index is 1050. The van der Waals surface area contributed by atoms with Gasteiger partial charge >= 0.3 is 6.36 Å². The fourth-order valence-corrected chi connectivity index (χ4v) is 3.81. The summed E-state index contributed by atoms with van der Waals surface area (Å²) in [7, 11) is 3.76. The van der Waals surface area contributed by atoms with Crippen molar-refractivity contribution in [3.63, 3.8) is 0 Å². The van der Waals surface area contributed by atoms with Gasteiger partial charge in [0.15, 0.2) is 11.7 Å². The molecule has 0 aliphatic rings. The summed E-state index contributed by atoms with van der Waals surface area (Å²) in [5.41, 5.74) is 1.39. The molecule has 1 heterocycles. The summed E-state index contributed by atoms with van der Waals surface area (Å²) >= 11 is 1.12. The van der Waals surface area contributed by atoms with Gasteiger partial charge in [-0.1, -0.05) is 29.5 Å². The van der Waals surface area contributed by atoms with Crippen LogP contribution in [0, 0.1) is 6.92 Å². The topological polar surface area (TPSA) is 54.9 Å². The Kier molecular flexibility index (Phi) is 7.01. The van der Waals surface area contributed by atoms with Crippen molar-refractivity contribution >= 4 is 32.6 Å². The van der Waals surface area contributed by atoms with Crippen LogP contribution < -0.4 is 14.4 Å². The van der Waals surface area contributed by atoms with E-state index in [1.54, 1.807) is 6.07 Å². The molecule has 10 heteroatoms. The average Bonchev–Trinajstić information content (AvgIpc) is 3.09. The van der Waals surface area contributed by atoms with Crippen LogP contribution in [0.15, 0.2) is 42.5 Å². The second-order valence-corrected chi connectivity index (χ2v) is 8.09. The second kappa shape index (κ2) is 9.52. The summed E-state index contributed by atoms with van der Waals surface area (Å²) < 4.78 is 47.7. The van der Waals surface area contributed by atoms with Crippen molar-refractivity contribution in [1.82, 2.24) is 9.88 Å². The smallest absolute Gasteiger partial charge is 0.483 e. The van der Waals surface area contributed by atoms with Gasteiger partial charge in [0.05, 0.1) is 10.2 Å². The SMILES string of the molecule is Cc1ccccc1OCC(=O)N(CCN(C)C)c1nc2ccc(OC(F)(F)F)cc2s1. The molecule has 166 valence electrons. The number of benzene rings is 2. The Morgan fingerprint density at radius 2 is 1.87 bits per heavy atom. The zero-order valence-electron chi connectivity index (χ0n) is 17.3. The third-order valence-electron chi connectivity index (χ3n) is 4.33. The van der Waals surface area contributed by atoms with Gasteiger partial charge < -0.3 is 14.4 Å². The highest BCUT2D eigenvalue weighted by Gasteiger charge is 2.31. The molecule has 0 aliphatic heterocycles. The van der Waals surface area contributed by atoms with Crippen LogP contribution in [-0.2, 0) is 4.79 Å². The first-order chi connectivity index (χ1) is 14.6. The minimum atomic E-state index is -4.78. The zero-order chi connectivity index (χ0) is 22.6. The van der Waals surface area contributed by atoms with E-state index in [1.165, 1.54) is 23.1 Å². The molecular formula is C21H22F3N3O3S. The van der Waals surface area contributed by atoms with E-state index in [0.717, 1.165) is 16.9 Å². The maximum atomic E-state index is 12.9. The number of aromatic nitrogens is 1. The minimum absolute atomic E-state index is 0.184. The van der Waals surface area contributed by atoms with Crippen LogP contribution in [0.2, 0.25) is 0 Å². The fourth-order valence-electron chi connectivity index (χ4n) is 2.77. The Hall–Kier alpha value is -2.85. The number of carbonyl (C=O) groups excluding carboxylic acids is 1. The number of anilines is 1. The largest absolute Gasteiger partial charge is 0.573 e. The van der Waals surface area contributed by atoms with Crippen LogP contribution in [-0.4, -0.2) is 55.9 Å². The number of alkyl halides is 3. The summed E-state index contributed by atoms with van der Waals surface area (Å²) in [6, 6.07) is 11.3. The first-order valence-corrected chi connectivity index (χ1v) is 10.2. The Balaban J connectivity index is 1.82. The lowest BCUT2D eigenvalue weighted by Crippen LogP contribution is -2.39. The summed E-state index contributed by atoms with van der Waals surface area (Å²) in [6.07, 6.45) is -4.78. The molecule has 0 unspecified atom stereocenters. The van der Waals surface area contributed by atoms with E-state index in [-0.39, 0.29) is 18.3 Å². The Morgan fingerprint density at radius 3 is 2.55 bits per heavy atom. The lowest BCUT2D eigenvalue weighted by molar-refractivity contribution is -0.274. The molecule has 0 bridgehead atoms. The predicted molar refractivity (Wildman–Crippen MR) is 114 cm³/mol. The molecule has 6 nitrogen and oxygen atoms in total. The van der Waals surface area contributed by atoms with Gasteiger partial charge in [-0.25, -0.2) is 4.98 Å². The summed E-state index contributed by atoms with van der Waals surface area (Å²) in [4.78, 5) is 20.8. The number of amides is 1. The Morgan fingerprint density at radius 1 is 1.13 bits per heavy atom. The van der Waals surface area contributed by atoms with Gasteiger partial charge in [0, 0.05) is 19.2 Å². The van der Waals surface area contributed by atoms with E-state index in [9.17, 15) is 18.0 Å². The number of rotatable bonds is 8. The van der Waals surface area contributed by atoms with Gasteiger partial charge in [-0.15, -0.1) is 13.2 Å². The van der Waals surface area contributed by atoms with E-state index < -0.39 is 6.36 Å². The summed E-state index contributed by atoms with van der Waals surface area (Å²) in [5, 5.41) is 0.388. The molecule has 31 heavy (non-hydrogen) atoms. The maximum Gasteiger partial charge on any atom is 0.573 e. The fraction of sp³-hybridized carbons (Fsp3) is 0.333. The zero-order valence-corrected chi connectivity index (χ0v) is 18.1. The maximum absolute atomic E-state index is 12.9. The van der Waals surface area contributed by atoms with Crippen molar-refractivity contribution in [3.05, 3.63) is 48.0 Å². The van der Waals surface area contributed by atoms with E-state index in [0.29, 0.717) is 34.2 Å². The third-order valence-corrected chi connectivity index (χ3v) is 5.37. The molecule has 3 aromatic rings. The molecule has 3 rings (SSSR count). The number of nitrogens with zero attached hydrogens (tertiary/aromatic N) is 3. The number of thiazole rings is 1. The average molecular weight is 453 g/mol. The molecule has 0 N–H and O–H groups in total. The molecule has 2 aromatic carbocycles. The van der Waals surface area contributed by atoms with Crippen LogP contribution in [0.25, 0.3) is 10.2 Å². The number of hydrogen-bond acceptors (Lipinski definition) is 6. The van der Waals surface area contributed by atoms with Crippen LogP contribution in [0.3, 0.4) is 0 Å². The van der Waals surface area contributed by atoms with Crippen molar-refractivity contribution in [1.29, 1.82) is 0 Å². The standard InChI is InChI=1S/C21H22F3N3O3S/c1-14-6-4-5-7-17(14)29-13-19(28)27(11-10-26(2)3)20-25-16-9-8-15(12-18(16)31-20)30-21(22,23)24/h4-9,12H,10-11,13H2,1-3H3. The first kappa shape index (κ1) is 22.8. The first-order valence-electron chi connectivity index (χ1n) is 9.42. The number of fused-ring (bicyclic) bond motifs is 1. The van der Waals surface area contributed by atoms with Crippen LogP contribution >= 0.6 is 11.3 Å². The van der Waals surface area contributed by atoms with Gasteiger partial charge in [0.1, 0.15) is 11.5 Å². The highest BCUT2D eigenvalue weighted by molar-refractivity contribution is 7.22. The van der Waals surface area contributed by atoms with Gasteiger partial charge in [-0.05, 0) is 44.8 Å². The highest BCUT2D eigenvalue weighted by Crippen LogP contribution is 2.33. The van der Waals surface area contributed by atoms with Crippen molar-refractivity contribution in [2.75, 3.05) is 38.7 Å². The number of carbonyl (C=O) groups is 1. The predicted octanol–water partition coefficient (Wildman–Crippen LogP) is 4.48. The number of ether oxygens (including phenoxy) is 2. The van der Waals surface area contributed by atoms with Gasteiger partial charge in [-0.3, -0.25) is 9.69 Å². The number of aryl methyl sites for hydroxylation is 1. The van der Waals surface area contributed by atoms with Gasteiger partial charge in [0.25, 0.3) is 5.91 Å². The Labute approximate surface area is 181 Å². The molecule has 0 radical (unpaired) electrons. The molecule has 0 fully saturated rings. The van der Waals surface area contributed by atoms with E-state index in [4.69, 9.17) is 4.74 Å². The number of halogens is 3. The van der Waals surface area contributed by atoms with E-state index in [1.807, 2.05) is 44.1 Å². The van der Waals surface area contributed by atoms with Crippen molar-refractivity contribution in [2.45, 2.75) is 13.3 Å². The molecule has 0 spiro atoms. The lowest BCUT2D eigenvalue weighted by atomic mass is 10.2. The third kappa shape index (κ3) is 6.31. The van der Waals surface area contributed by atoms with Crippen LogP contribution in [0.5, 0.6) is 11.5 Å². The monoisotopic (exact) mass is 453 g/mol. The van der Waals surface area contributed by atoms with Crippen molar-refractivity contribution in [2.24, 2.45) is 0 Å². The normalized spacial score (nSPS) is 11.7. The molecular weight excluding hydrogens is 431 g/mol. The molecule has 0 atom stereocenters. The number of hydrogen-bond donors (Lipinski definition) is 0. The van der Waals surface area contributed by atoms with E-state index in [2.05, 4.69) is 9.72 Å². The molecule has 0 aliphatic carbocycles. The molecule has 0 saturated carbocycles. The number of para-hydroxylation sites is 1. The molecule has 0 saturated heterocycles.